The minimum absolute atomic E-state index is 0.564. The van der Waals surface area contributed by atoms with Gasteiger partial charge in [-0.1, -0.05) is 12.1 Å². The Morgan fingerprint density at radius 3 is 2.54 bits per heavy atom. The molecule has 0 atom stereocenters. The van der Waals surface area contributed by atoms with Crippen molar-refractivity contribution in [1.29, 1.82) is 0 Å². The number of alkyl halides is 1. The van der Waals surface area contributed by atoms with Crippen LogP contribution in [-0.4, -0.2) is 16.3 Å². The fourth-order valence-corrected chi connectivity index (χ4v) is 1.26. The van der Waals surface area contributed by atoms with Gasteiger partial charge in [0.2, 0.25) is 0 Å². The SMILES string of the molecule is ClCCc1conn1.c1ccsc1. The average Bonchev–Trinajstić information content (AvgIpc) is 2.79. The van der Waals surface area contributed by atoms with E-state index in [1.807, 2.05) is 22.9 Å². The topological polar surface area (TPSA) is 38.9 Å². The lowest BCUT2D eigenvalue weighted by molar-refractivity contribution is 0.392. The van der Waals surface area contributed by atoms with Gasteiger partial charge >= 0.3 is 0 Å². The Balaban J connectivity index is 0.000000145. The van der Waals surface area contributed by atoms with Crippen LogP contribution in [0.25, 0.3) is 0 Å². The van der Waals surface area contributed by atoms with Crippen LogP contribution >= 0.6 is 22.9 Å². The van der Waals surface area contributed by atoms with E-state index < -0.39 is 0 Å². The first-order chi connectivity index (χ1) is 6.43. The standard InChI is InChI=1S/C4H5ClN2O.C4H4S/c5-2-1-4-3-8-7-6-4;1-2-4-5-3-1/h3H,1-2H2;1-4H. The molecule has 2 aromatic rings. The Bertz CT molecular complexity index is 266. The molecular weight excluding hydrogens is 208 g/mol. The zero-order chi connectivity index (χ0) is 9.36. The maximum absolute atomic E-state index is 5.38. The van der Waals surface area contributed by atoms with Crippen LogP contribution in [0.3, 0.4) is 0 Å². The van der Waals surface area contributed by atoms with Gasteiger partial charge in [0, 0.05) is 17.6 Å². The van der Waals surface area contributed by atoms with Crippen LogP contribution in [0.2, 0.25) is 0 Å². The molecule has 0 aliphatic carbocycles. The highest BCUT2D eigenvalue weighted by atomic mass is 35.5. The first kappa shape index (κ1) is 10.2. The van der Waals surface area contributed by atoms with E-state index >= 15 is 0 Å². The fourth-order valence-electron chi connectivity index (χ4n) is 0.617. The quantitative estimate of drug-likeness (QED) is 0.725. The second-order valence-electron chi connectivity index (χ2n) is 2.13. The van der Waals surface area contributed by atoms with Gasteiger partial charge in [0.05, 0.1) is 0 Å². The van der Waals surface area contributed by atoms with Crippen molar-refractivity contribution < 1.29 is 4.52 Å². The molecule has 0 aromatic carbocycles. The van der Waals surface area contributed by atoms with E-state index in [9.17, 15) is 0 Å². The van der Waals surface area contributed by atoms with Crippen molar-refractivity contribution in [3.8, 4) is 0 Å². The monoisotopic (exact) mass is 216 g/mol. The second kappa shape index (κ2) is 6.62. The summed E-state index contributed by atoms with van der Waals surface area (Å²) in [6, 6.07) is 4.04. The van der Waals surface area contributed by atoms with Crippen molar-refractivity contribution in [2.45, 2.75) is 6.42 Å². The highest BCUT2D eigenvalue weighted by Gasteiger charge is 1.92. The van der Waals surface area contributed by atoms with Crippen molar-refractivity contribution in [3.05, 3.63) is 34.8 Å². The predicted octanol–water partition coefficient (Wildman–Crippen LogP) is 2.60. The predicted molar refractivity (Wildman–Crippen MR) is 53.0 cm³/mol. The molecular formula is C8H9ClN2OS. The van der Waals surface area contributed by atoms with Crippen LogP contribution < -0.4 is 0 Å². The van der Waals surface area contributed by atoms with Gasteiger partial charge in [0.25, 0.3) is 0 Å². The lowest BCUT2D eigenvalue weighted by Gasteiger charge is -1.79. The van der Waals surface area contributed by atoms with Crippen molar-refractivity contribution in [3.63, 3.8) is 0 Å². The molecule has 0 saturated heterocycles. The summed E-state index contributed by atoms with van der Waals surface area (Å²) >= 11 is 7.10. The minimum Gasteiger partial charge on any atom is -0.345 e. The fraction of sp³-hybridized carbons (Fsp3) is 0.250. The summed E-state index contributed by atoms with van der Waals surface area (Å²) in [6.45, 7) is 0. The molecule has 0 unspecified atom stereocenters. The molecule has 0 N–H and O–H groups in total. The Labute approximate surface area is 85.3 Å². The smallest absolute Gasteiger partial charge is 0.147 e. The summed E-state index contributed by atoms with van der Waals surface area (Å²) in [5.74, 6) is 0.564. The van der Waals surface area contributed by atoms with Crippen LogP contribution in [0, 0.1) is 0 Å². The van der Waals surface area contributed by atoms with Crippen LogP contribution in [-0.2, 0) is 6.42 Å². The molecule has 0 radical (unpaired) electrons. The second-order valence-corrected chi connectivity index (χ2v) is 3.32. The van der Waals surface area contributed by atoms with Gasteiger partial charge in [-0.2, -0.15) is 11.3 Å². The van der Waals surface area contributed by atoms with Crippen molar-refractivity contribution in [2.24, 2.45) is 0 Å². The molecule has 2 aromatic heterocycles. The lowest BCUT2D eigenvalue weighted by Crippen LogP contribution is -1.84. The average molecular weight is 217 g/mol. The minimum atomic E-state index is 0.564. The summed E-state index contributed by atoms with van der Waals surface area (Å²) in [4.78, 5) is 0. The molecule has 0 fully saturated rings. The first-order valence-electron chi connectivity index (χ1n) is 3.72. The third-order valence-corrected chi connectivity index (χ3v) is 2.00. The van der Waals surface area contributed by atoms with Crippen LogP contribution in [0.4, 0.5) is 0 Å². The van der Waals surface area contributed by atoms with Crippen molar-refractivity contribution >= 4 is 22.9 Å². The molecule has 70 valence electrons. The number of thiophene rings is 1. The van der Waals surface area contributed by atoms with Crippen molar-refractivity contribution in [2.75, 3.05) is 5.88 Å². The van der Waals surface area contributed by atoms with Crippen LogP contribution in [0.1, 0.15) is 5.69 Å². The van der Waals surface area contributed by atoms with E-state index in [1.54, 1.807) is 11.3 Å². The number of rotatable bonds is 2. The number of hydrogen-bond acceptors (Lipinski definition) is 4. The number of aromatic nitrogens is 2. The molecule has 0 aliphatic heterocycles. The van der Waals surface area contributed by atoms with E-state index in [1.165, 1.54) is 6.26 Å². The Hall–Kier alpha value is -0.870. The molecule has 2 heterocycles. The summed E-state index contributed by atoms with van der Waals surface area (Å²) in [5, 5.41) is 10.9. The third kappa shape index (κ3) is 4.65. The lowest BCUT2D eigenvalue weighted by atomic mass is 10.4. The molecule has 0 saturated carbocycles. The molecule has 2 rings (SSSR count). The zero-order valence-corrected chi connectivity index (χ0v) is 8.46. The maximum atomic E-state index is 5.38. The number of hydrogen-bond donors (Lipinski definition) is 0. The Morgan fingerprint density at radius 1 is 1.38 bits per heavy atom. The van der Waals surface area contributed by atoms with E-state index in [0.29, 0.717) is 5.88 Å². The van der Waals surface area contributed by atoms with Crippen LogP contribution in [0.15, 0.2) is 33.7 Å². The molecule has 3 nitrogen and oxygen atoms in total. The number of nitrogens with zero attached hydrogens (tertiary/aromatic N) is 2. The summed E-state index contributed by atoms with van der Waals surface area (Å²) in [7, 11) is 0. The van der Waals surface area contributed by atoms with E-state index in [2.05, 4.69) is 14.9 Å². The van der Waals surface area contributed by atoms with Gasteiger partial charge in [-0.25, -0.2) is 0 Å². The highest BCUT2D eigenvalue weighted by molar-refractivity contribution is 7.07. The molecule has 0 spiro atoms. The molecule has 5 heteroatoms. The van der Waals surface area contributed by atoms with E-state index in [4.69, 9.17) is 11.6 Å². The highest BCUT2D eigenvalue weighted by Crippen LogP contribution is 1.93. The maximum Gasteiger partial charge on any atom is 0.147 e. The van der Waals surface area contributed by atoms with Gasteiger partial charge in [-0.3, -0.25) is 0 Å². The third-order valence-electron chi connectivity index (χ3n) is 1.18. The first-order valence-corrected chi connectivity index (χ1v) is 5.20. The molecule has 13 heavy (non-hydrogen) atoms. The zero-order valence-electron chi connectivity index (χ0n) is 6.89. The number of halogens is 1. The van der Waals surface area contributed by atoms with Crippen LogP contribution in [0.5, 0.6) is 0 Å². The molecule has 0 bridgehead atoms. The number of aryl methyl sites for hydroxylation is 1. The summed E-state index contributed by atoms with van der Waals surface area (Å²) in [6.07, 6.45) is 2.22. The van der Waals surface area contributed by atoms with Gasteiger partial charge < -0.3 is 4.52 Å². The van der Waals surface area contributed by atoms with Gasteiger partial charge in [0.1, 0.15) is 12.0 Å². The Morgan fingerprint density at radius 2 is 2.15 bits per heavy atom. The molecule has 0 aliphatic rings. The molecule has 0 amide bonds. The normalized spacial score (nSPS) is 9.00. The Kier molecular flexibility index (Phi) is 5.20. The van der Waals surface area contributed by atoms with Gasteiger partial charge in [-0.15, -0.1) is 16.7 Å². The van der Waals surface area contributed by atoms with Crippen molar-refractivity contribution in [1.82, 2.24) is 10.4 Å². The summed E-state index contributed by atoms with van der Waals surface area (Å²) in [5.41, 5.74) is 0.806. The summed E-state index contributed by atoms with van der Waals surface area (Å²) < 4.78 is 4.45. The van der Waals surface area contributed by atoms with Gasteiger partial charge in [0.15, 0.2) is 0 Å². The van der Waals surface area contributed by atoms with Gasteiger partial charge in [-0.05, 0) is 10.8 Å². The van der Waals surface area contributed by atoms with E-state index in [-0.39, 0.29) is 0 Å². The van der Waals surface area contributed by atoms with E-state index in [0.717, 1.165) is 12.1 Å². The largest absolute Gasteiger partial charge is 0.345 e.